The lowest BCUT2D eigenvalue weighted by Gasteiger charge is -2.12. The number of aryl methyl sites for hydroxylation is 1. The van der Waals surface area contributed by atoms with E-state index in [1.807, 2.05) is 18.2 Å². The van der Waals surface area contributed by atoms with Crippen LogP contribution in [0.25, 0.3) is 11.1 Å². The van der Waals surface area contributed by atoms with Gasteiger partial charge in [0.15, 0.2) is 0 Å². The Kier molecular flexibility index (Phi) is 3.36. The minimum Gasteiger partial charge on any atom is -0.497 e. The monoisotopic (exact) mass is 269 g/mol. The maximum atomic E-state index is 6.09. The zero-order valence-corrected chi connectivity index (χ0v) is 11.8. The van der Waals surface area contributed by atoms with Crippen LogP contribution in [0.15, 0.2) is 36.4 Å². The van der Waals surface area contributed by atoms with Crippen LogP contribution in [0.5, 0.6) is 11.5 Å². The smallest absolute Gasteiger partial charge is 0.126 e. The van der Waals surface area contributed by atoms with Crippen LogP contribution in [0.3, 0.4) is 0 Å². The molecule has 3 heteroatoms. The van der Waals surface area contributed by atoms with Gasteiger partial charge in [0.2, 0.25) is 0 Å². The van der Waals surface area contributed by atoms with Gasteiger partial charge in [0.25, 0.3) is 0 Å². The second-order valence-electron chi connectivity index (χ2n) is 5.12. The molecule has 2 aromatic carbocycles. The molecule has 0 heterocycles. The van der Waals surface area contributed by atoms with Gasteiger partial charge in [0, 0.05) is 11.6 Å². The van der Waals surface area contributed by atoms with Gasteiger partial charge in [-0.2, -0.15) is 0 Å². The number of fused-ring (bicyclic) bond motifs is 1. The van der Waals surface area contributed by atoms with Gasteiger partial charge < -0.3 is 15.2 Å². The van der Waals surface area contributed by atoms with Crippen molar-refractivity contribution in [2.45, 2.75) is 18.9 Å². The number of rotatable bonds is 3. The second kappa shape index (κ2) is 5.17. The van der Waals surface area contributed by atoms with E-state index in [-0.39, 0.29) is 6.04 Å². The Bertz CT molecular complexity index is 637. The third-order valence-electron chi connectivity index (χ3n) is 3.98. The van der Waals surface area contributed by atoms with Crippen LogP contribution >= 0.6 is 0 Å². The summed E-state index contributed by atoms with van der Waals surface area (Å²) in [6, 6.07) is 12.5. The van der Waals surface area contributed by atoms with Gasteiger partial charge in [-0.3, -0.25) is 0 Å². The number of benzene rings is 2. The maximum absolute atomic E-state index is 6.09. The van der Waals surface area contributed by atoms with Crippen molar-refractivity contribution in [2.75, 3.05) is 14.2 Å². The molecule has 1 aliphatic rings. The van der Waals surface area contributed by atoms with Crippen LogP contribution in [-0.2, 0) is 6.42 Å². The molecule has 0 saturated heterocycles. The zero-order valence-electron chi connectivity index (χ0n) is 11.8. The molecular formula is C17H19NO2. The molecule has 20 heavy (non-hydrogen) atoms. The molecule has 104 valence electrons. The molecule has 0 fully saturated rings. The highest BCUT2D eigenvalue weighted by Gasteiger charge is 2.19. The fraction of sp³-hybridized carbons (Fsp3) is 0.294. The Morgan fingerprint density at radius 3 is 2.65 bits per heavy atom. The maximum Gasteiger partial charge on any atom is 0.126 e. The summed E-state index contributed by atoms with van der Waals surface area (Å²) < 4.78 is 10.8. The van der Waals surface area contributed by atoms with Crippen molar-refractivity contribution in [3.8, 4) is 22.6 Å². The Balaban J connectivity index is 2.09. The van der Waals surface area contributed by atoms with E-state index in [0.29, 0.717) is 0 Å². The molecule has 1 unspecified atom stereocenters. The lowest BCUT2D eigenvalue weighted by atomic mass is 9.99. The third-order valence-corrected chi connectivity index (χ3v) is 3.98. The van der Waals surface area contributed by atoms with E-state index < -0.39 is 0 Å². The molecule has 0 aliphatic heterocycles. The van der Waals surface area contributed by atoms with E-state index in [9.17, 15) is 0 Å². The lowest BCUT2D eigenvalue weighted by molar-refractivity contribution is 0.404. The first kappa shape index (κ1) is 13.0. The summed E-state index contributed by atoms with van der Waals surface area (Å²) in [6.07, 6.45) is 2.09. The Morgan fingerprint density at radius 1 is 1.05 bits per heavy atom. The summed E-state index contributed by atoms with van der Waals surface area (Å²) in [5.41, 5.74) is 10.9. The molecule has 2 aromatic rings. The van der Waals surface area contributed by atoms with Gasteiger partial charge in [-0.1, -0.05) is 18.2 Å². The van der Waals surface area contributed by atoms with Crippen molar-refractivity contribution in [2.24, 2.45) is 5.73 Å². The van der Waals surface area contributed by atoms with Gasteiger partial charge in [0.1, 0.15) is 11.5 Å². The molecule has 0 amide bonds. The van der Waals surface area contributed by atoms with Gasteiger partial charge in [-0.25, -0.2) is 0 Å². The van der Waals surface area contributed by atoms with Crippen molar-refractivity contribution < 1.29 is 9.47 Å². The summed E-state index contributed by atoms with van der Waals surface area (Å²) in [7, 11) is 3.36. The summed E-state index contributed by atoms with van der Waals surface area (Å²) in [5, 5.41) is 0. The van der Waals surface area contributed by atoms with Gasteiger partial charge in [-0.05, 0) is 47.7 Å². The quantitative estimate of drug-likeness (QED) is 0.929. The molecule has 3 rings (SSSR count). The predicted octanol–water partition coefficient (Wildman–Crippen LogP) is 3.32. The van der Waals surface area contributed by atoms with Crippen LogP contribution in [0.1, 0.15) is 23.6 Å². The number of methoxy groups -OCH3 is 2. The highest BCUT2D eigenvalue weighted by molar-refractivity contribution is 5.73. The molecule has 1 atom stereocenters. The average molecular weight is 269 g/mol. The van der Waals surface area contributed by atoms with Gasteiger partial charge >= 0.3 is 0 Å². The lowest BCUT2D eigenvalue weighted by Crippen LogP contribution is -2.04. The van der Waals surface area contributed by atoms with E-state index in [2.05, 4.69) is 18.2 Å². The van der Waals surface area contributed by atoms with Crippen LogP contribution in [0.2, 0.25) is 0 Å². The average Bonchev–Trinajstić information content (AvgIpc) is 2.87. The number of ether oxygens (including phenoxy) is 2. The fourth-order valence-corrected chi connectivity index (χ4v) is 2.86. The highest BCUT2D eigenvalue weighted by atomic mass is 16.5. The normalized spacial score (nSPS) is 16.9. The third kappa shape index (κ3) is 2.14. The topological polar surface area (TPSA) is 44.5 Å². The first-order valence-corrected chi connectivity index (χ1v) is 6.83. The molecule has 3 nitrogen and oxygen atoms in total. The van der Waals surface area contributed by atoms with Crippen LogP contribution in [-0.4, -0.2) is 14.2 Å². The largest absolute Gasteiger partial charge is 0.497 e. The minimum atomic E-state index is 0.186. The molecule has 2 N–H and O–H groups in total. The number of hydrogen-bond acceptors (Lipinski definition) is 3. The van der Waals surface area contributed by atoms with Crippen molar-refractivity contribution in [1.82, 2.24) is 0 Å². The number of nitrogens with two attached hydrogens (primary N) is 1. The summed E-state index contributed by atoms with van der Waals surface area (Å²) in [5.74, 6) is 1.69. The van der Waals surface area contributed by atoms with E-state index in [1.54, 1.807) is 14.2 Å². The summed E-state index contributed by atoms with van der Waals surface area (Å²) in [4.78, 5) is 0. The van der Waals surface area contributed by atoms with E-state index in [0.717, 1.165) is 35.5 Å². The van der Waals surface area contributed by atoms with Crippen molar-refractivity contribution in [1.29, 1.82) is 0 Å². The standard InChI is InChI=1S/C17H19NO2/c1-19-13-5-8-17(20-2)15(10-13)12-3-6-14-11(9-12)4-7-16(14)18/h3,5-6,8-10,16H,4,7,18H2,1-2H3. The number of hydrogen-bond donors (Lipinski definition) is 1. The van der Waals surface area contributed by atoms with E-state index in [4.69, 9.17) is 15.2 Å². The molecule has 0 radical (unpaired) electrons. The van der Waals surface area contributed by atoms with Gasteiger partial charge in [0.05, 0.1) is 14.2 Å². The van der Waals surface area contributed by atoms with Crippen LogP contribution in [0.4, 0.5) is 0 Å². The van der Waals surface area contributed by atoms with E-state index >= 15 is 0 Å². The fourth-order valence-electron chi connectivity index (χ4n) is 2.86. The van der Waals surface area contributed by atoms with Crippen molar-refractivity contribution in [3.05, 3.63) is 47.5 Å². The van der Waals surface area contributed by atoms with Crippen LogP contribution in [0, 0.1) is 0 Å². The molecule has 0 spiro atoms. The molecule has 0 aromatic heterocycles. The Hall–Kier alpha value is -2.00. The minimum absolute atomic E-state index is 0.186. The molecule has 0 saturated carbocycles. The Morgan fingerprint density at radius 2 is 1.90 bits per heavy atom. The predicted molar refractivity (Wildman–Crippen MR) is 80.2 cm³/mol. The van der Waals surface area contributed by atoms with Crippen LogP contribution < -0.4 is 15.2 Å². The van der Waals surface area contributed by atoms with Crippen molar-refractivity contribution >= 4 is 0 Å². The first-order valence-electron chi connectivity index (χ1n) is 6.83. The first-order chi connectivity index (χ1) is 9.72. The summed E-state index contributed by atoms with van der Waals surface area (Å²) in [6.45, 7) is 0. The molecule has 0 bridgehead atoms. The van der Waals surface area contributed by atoms with Gasteiger partial charge in [-0.15, -0.1) is 0 Å². The SMILES string of the molecule is COc1ccc(OC)c(-c2ccc3c(c2)CCC3N)c1. The summed E-state index contributed by atoms with van der Waals surface area (Å²) >= 11 is 0. The zero-order chi connectivity index (χ0) is 14.1. The Labute approximate surface area is 119 Å². The molecule has 1 aliphatic carbocycles. The van der Waals surface area contributed by atoms with Crippen molar-refractivity contribution in [3.63, 3.8) is 0 Å². The molecular weight excluding hydrogens is 250 g/mol. The van der Waals surface area contributed by atoms with E-state index in [1.165, 1.54) is 11.1 Å². The second-order valence-corrected chi connectivity index (χ2v) is 5.12. The highest BCUT2D eigenvalue weighted by Crippen LogP contribution is 2.37.